The zero-order chi connectivity index (χ0) is 16.5. The van der Waals surface area contributed by atoms with Crippen molar-refractivity contribution >= 4 is 33.9 Å². The molecule has 1 aliphatic rings. The summed E-state index contributed by atoms with van der Waals surface area (Å²) in [5.41, 5.74) is 1.03. The largest absolute Gasteiger partial charge is 0.368 e. The third-order valence-corrected chi connectivity index (χ3v) is 4.70. The third kappa shape index (κ3) is 2.71. The first kappa shape index (κ1) is 15.0. The molecule has 0 aliphatic carbocycles. The minimum absolute atomic E-state index is 0.144. The summed E-state index contributed by atoms with van der Waals surface area (Å²) in [6.45, 7) is 3.50. The zero-order valence-electron chi connectivity index (χ0n) is 13.1. The van der Waals surface area contributed by atoms with Gasteiger partial charge in [-0.05, 0) is 30.3 Å². The van der Waals surface area contributed by atoms with Gasteiger partial charge in [0, 0.05) is 42.3 Å². The molecule has 122 valence electrons. The number of nitrogens with one attached hydrogen (secondary N) is 1. The molecule has 1 N–H and O–H groups in total. The highest BCUT2D eigenvalue weighted by molar-refractivity contribution is 6.30. The number of benzene rings is 2. The van der Waals surface area contributed by atoms with Gasteiger partial charge in [-0.1, -0.05) is 29.8 Å². The van der Waals surface area contributed by atoms with Crippen LogP contribution in [0, 0.1) is 0 Å². The molecule has 1 aromatic heterocycles. The number of rotatable bonds is 2. The van der Waals surface area contributed by atoms with Crippen molar-refractivity contribution in [2.45, 2.75) is 0 Å². The van der Waals surface area contributed by atoms with Gasteiger partial charge in [0.2, 0.25) is 0 Å². The van der Waals surface area contributed by atoms with Crippen LogP contribution in [0.1, 0.15) is 0 Å². The minimum Gasteiger partial charge on any atom is -0.368 e. The lowest BCUT2D eigenvalue weighted by Gasteiger charge is -2.37. The normalized spacial score (nSPS) is 15.0. The average molecular weight is 341 g/mol. The maximum absolute atomic E-state index is 11.9. The summed E-state index contributed by atoms with van der Waals surface area (Å²) in [7, 11) is 0. The maximum atomic E-state index is 11.9. The van der Waals surface area contributed by atoms with E-state index >= 15 is 0 Å². The van der Waals surface area contributed by atoms with Crippen LogP contribution in [0.15, 0.2) is 53.3 Å². The van der Waals surface area contributed by atoms with Crippen molar-refractivity contribution < 1.29 is 0 Å². The fourth-order valence-corrected chi connectivity index (χ4v) is 3.30. The van der Waals surface area contributed by atoms with Gasteiger partial charge in [-0.25, -0.2) is 5.10 Å². The summed E-state index contributed by atoms with van der Waals surface area (Å²) in [4.78, 5) is 16.5. The molecule has 2 aromatic carbocycles. The number of piperazine rings is 1. The molecular formula is C18H17ClN4O. The van der Waals surface area contributed by atoms with E-state index in [1.54, 1.807) is 0 Å². The molecule has 0 unspecified atom stereocenters. The lowest BCUT2D eigenvalue weighted by Crippen LogP contribution is -2.47. The Morgan fingerprint density at radius 3 is 2.21 bits per heavy atom. The topological polar surface area (TPSA) is 52.2 Å². The Morgan fingerprint density at radius 1 is 0.875 bits per heavy atom. The summed E-state index contributed by atoms with van der Waals surface area (Å²) in [6.07, 6.45) is 0. The predicted molar refractivity (Wildman–Crippen MR) is 98.2 cm³/mol. The Balaban J connectivity index is 1.57. The fourth-order valence-electron chi connectivity index (χ4n) is 3.17. The number of anilines is 2. The van der Waals surface area contributed by atoms with Crippen molar-refractivity contribution in [2.24, 2.45) is 0 Å². The second-order valence-electron chi connectivity index (χ2n) is 5.87. The molecule has 0 spiro atoms. The first-order valence-electron chi connectivity index (χ1n) is 7.95. The fraction of sp³-hybridized carbons (Fsp3) is 0.222. The van der Waals surface area contributed by atoms with Gasteiger partial charge in [0.25, 0.3) is 5.56 Å². The van der Waals surface area contributed by atoms with Gasteiger partial charge in [0.05, 0.1) is 5.39 Å². The molecular weight excluding hydrogens is 324 g/mol. The monoisotopic (exact) mass is 340 g/mol. The van der Waals surface area contributed by atoms with E-state index in [4.69, 9.17) is 11.6 Å². The highest BCUT2D eigenvalue weighted by Crippen LogP contribution is 2.24. The Labute approximate surface area is 144 Å². The van der Waals surface area contributed by atoms with Crippen LogP contribution in [0.25, 0.3) is 10.8 Å². The summed E-state index contributed by atoms with van der Waals surface area (Å²) in [5.74, 6) is 0.848. The van der Waals surface area contributed by atoms with E-state index in [1.165, 1.54) is 5.69 Å². The van der Waals surface area contributed by atoms with Crippen LogP contribution in [-0.2, 0) is 0 Å². The van der Waals surface area contributed by atoms with Crippen molar-refractivity contribution in [1.29, 1.82) is 0 Å². The Kier molecular flexibility index (Phi) is 3.86. The van der Waals surface area contributed by atoms with Crippen molar-refractivity contribution in [3.05, 3.63) is 63.9 Å². The van der Waals surface area contributed by atoms with Gasteiger partial charge >= 0.3 is 0 Å². The highest BCUT2D eigenvalue weighted by Gasteiger charge is 2.20. The molecule has 2 heterocycles. The number of halogens is 1. The molecule has 24 heavy (non-hydrogen) atoms. The number of nitrogens with zero attached hydrogens (tertiary/aromatic N) is 3. The van der Waals surface area contributed by atoms with Crippen LogP contribution in [0.4, 0.5) is 11.5 Å². The van der Waals surface area contributed by atoms with E-state index < -0.39 is 0 Å². The van der Waals surface area contributed by atoms with E-state index in [0.717, 1.165) is 42.4 Å². The molecule has 0 radical (unpaired) electrons. The van der Waals surface area contributed by atoms with E-state index in [1.807, 2.05) is 48.5 Å². The summed E-state index contributed by atoms with van der Waals surface area (Å²) < 4.78 is 0. The SMILES string of the molecule is O=c1[nH]nc(N2CCN(c3ccc(Cl)cc3)CC2)c2ccccc12. The van der Waals surface area contributed by atoms with Gasteiger partial charge < -0.3 is 9.80 Å². The molecule has 0 saturated carbocycles. The quantitative estimate of drug-likeness (QED) is 0.779. The van der Waals surface area contributed by atoms with E-state index in [-0.39, 0.29) is 5.56 Å². The van der Waals surface area contributed by atoms with Crippen LogP contribution in [-0.4, -0.2) is 36.4 Å². The molecule has 1 aliphatic heterocycles. The molecule has 0 atom stereocenters. The van der Waals surface area contributed by atoms with Crippen molar-refractivity contribution in [3.63, 3.8) is 0 Å². The van der Waals surface area contributed by atoms with Crippen LogP contribution in [0.5, 0.6) is 0 Å². The van der Waals surface area contributed by atoms with Crippen LogP contribution in [0.3, 0.4) is 0 Å². The highest BCUT2D eigenvalue weighted by atomic mass is 35.5. The molecule has 6 heteroatoms. The summed E-state index contributed by atoms with van der Waals surface area (Å²) in [5, 5.41) is 9.24. The Hall–Kier alpha value is -2.53. The molecule has 3 aromatic rings. The molecule has 1 saturated heterocycles. The smallest absolute Gasteiger partial charge is 0.272 e. The first-order chi connectivity index (χ1) is 11.7. The second-order valence-corrected chi connectivity index (χ2v) is 6.31. The maximum Gasteiger partial charge on any atom is 0.272 e. The number of hydrogen-bond donors (Lipinski definition) is 1. The van der Waals surface area contributed by atoms with Crippen LogP contribution >= 0.6 is 11.6 Å². The van der Waals surface area contributed by atoms with Gasteiger partial charge in [0.15, 0.2) is 5.82 Å². The number of hydrogen-bond acceptors (Lipinski definition) is 4. The lowest BCUT2D eigenvalue weighted by molar-refractivity contribution is 0.645. The third-order valence-electron chi connectivity index (χ3n) is 4.45. The number of aromatic nitrogens is 2. The lowest BCUT2D eigenvalue weighted by atomic mass is 10.1. The van der Waals surface area contributed by atoms with Crippen LogP contribution in [0.2, 0.25) is 5.02 Å². The molecule has 0 bridgehead atoms. The van der Waals surface area contributed by atoms with Gasteiger partial charge in [-0.3, -0.25) is 4.79 Å². The van der Waals surface area contributed by atoms with Gasteiger partial charge in [0.1, 0.15) is 0 Å². The van der Waals surface area contributed by atoms with Crippen LogP contribution < -0.4 is 15.4 Å². The van der Waals surface area contributed by atoms with E-state index in [0.29, 0.717) is 5.39 Å². The van der Waals surface area contributed by atoms with Gasteiger partial charge in [-0.2, -0.15) is 5.10 Å². The second kappa shape index (κ2) is 6.17. The Bertz CT molecular complexity index is 914. The van der Waals surface area contributed by atoms with E-state index in [2.05, 4.69) is 20.0 Å². The van der Waals surface area contributed by atoms with E-state index in [9.17, 15) is 4.79 Å². The summed E-state index contributed by atoms with van der Waals surface area (Å²) in [6, 6.07) is 15.5. The minimum atomic E-state index is -0.144. The number of aromatic amines is 1. The van der Waals surface area contributed by atoms with Crippen molar-refractivity contribution in [2.75, 3.05) is 36.0 Å². The molecule has 5 nitrogen and oxygen atoms in total. The molecule has 1 fully saturated rings. The summed E-state index contributed by atoms with van der Waals surface area (Å²) >= 11 is 5.96. The molecule has 0 amide bonds. The zero-order valence-corrected chi connectivity index (χ0v) is 13.8. The predicted octanol–water partition coefficient (Wildman–Crippen LogP) is 2.90. The van der Waals surface area contributed by atoms with Crippen molar-refractivity contribution in [1.82, 2.24) is 10.2 Å². The van der Waals surface area contributed by atoms with Gasteiger partial charge in [-0.15, -0.1) is 0 Å². The standard InChI is InChI=1S/C18H17ClN4O/c19-13-5-7-14(8-6-13)22-9-11-23(12-10-22)17-15-3-1-2-4-16(15)18(24)21-20-17/h1-8H,9-12H2,(H,21,24). The molecule has 4 rings (SSSR count). The number of fused-ring (bicyclic) bond motifs is 1. The number of H-pyrrole nitrogens is 1. The van der Waals surface area contributed by atoms with Crippen molar-refractivity contribution in [3.8, 4) is 0 Å². The Morgan fingerprint density at radius 2 is 1.50 bits per heavy atom. The average Bonchev–Trinajstić information content (AvgIpc) is 2.63. The first-order valence-corrected chi connectivity index (χ1v) is 8.33.